The Morgan fingerprint density at radius 2 is 1.97 bits per heavy atom. The van der Waals surface area contributed by atoms with Crippen LogP contribution in [-0.4, -0.2) is 47.7 Å². The number of amides is 1. The predicted molar refractivity (Wildman–Crippen MR) is 111 cm³/mol. The molecule has 8 nitrogen and oxygen atoms in total. The molecule has 0 bridgehead atoms. The van der Waals surface area contributed by atoms with Gasteiger partial charge in [-0.1, -0.05) is 29.8 Å². The molecule has 1 fully saturated rings. The van der Waals surface area contributed by atoms with Gasteiger partial charge in [0.2, 0.25) is 0 Å². The normalized spacial score (nSPS) is 15.8. The molecule has 0 aliphatic carbocycles. The van der Waals surface area contributed by atoms with Crippen LogP contribution in [0.5, 0.6) is 0 Å². The summed E-state index contributed by atoms with van der Waals surface area (Å²) in [4.78, 5) is 13.5. The molecule has 1 saturated heterocycles. The number of benzene rings is 1. The van der Waals surface area contributed by atoms with Crippen LogP contribution >= 0.6 is 11.6 Å². The van der Waals surface area contributed by atoms with Crippen molar-refractivity contribution in [3.8, 4) is 0 Å². The van der Waals surface area contributed by atoms with E-state index in [4.69, 9.17) is 16.8 Å². The lowest BCUT2D eigenvalue weighted by atomic mass is 10.1. The zero-order chi connectivity index (χ0) is 21.2. The number of hydroxylamine groups is 1. The minimum absolute atomic E-state index is 0.124. The quantitative estimate of drug-likeness (QED) is 0.422. The maximum absolute atomic E-state index is 13.1. The third-order valence-corrected chi connectivity index (χ3v) is 8.02. The molecule has 1 aliphatic rings. The zero-order valence-corrected chi connectivity index (χ0v) is 17.7. The molecule has 1 aromatic carbocycles. The Morgan fingerprint density at radius 1 is 1.31 bits per heavy atom. The number of anilines is 1. The second-order valence-corrected chi connectivity index (χ2v) is 9.45. The fourth-order valence-corrected chi connectivity index (χ4v) is 6.11. The van der Waals surface area contributed by atoms with E-state index in [-0.39, 0.29) is 10.0 Å². The average Bonchev–Trinajstić information content (AvgIpc) is 2.98. The predicted octanol–water partition coefficient (Wildman–Crippen LogP) is 2.34. The molecule has 10 heteroatoms. The molecule has 1 amide bonds. The van der Waals surface area contributed by atoms with Crippen molar-refractivity contribution in [2.45, 2.75) is 29.9 Å². The summed E-state index contributed by atoms with van der Waals surface area (Å²) in [5.74, 6) is -0.617. The molecule has 0 radical (unpaired) electrons. The van der Waals surface area contributed by atoms with Gasteiger partial charge in [0.05, 0.1) is 10.9 Å². The molecule has 156 valence electrons. The molecule has 0 unspecified atom stereocenters. The van der Waals surface area contributed by atoms with Gasteiger partial charge >= 0.3 is 0 Å². The van der Waals surface area contributed by atoms with Crippen molar-refractivity contribution in [2.75, 3.05) is 18.0 Å². The number of sulfone groups is 1. The first-order valence-electron chi connectivity index (χ1n) is 9.14. The molecule has 0 saturated carbocycles. The molecule has 0 spiro atoms. The van der Waals surface area contributed by atoms with E-state index in [0.29, 0.717) is 31.6 Å². The molecule has 0 atom stereocenters. The maximum atomic E-state index is 13.1. The summed E-state index contributed by atoms with van der Waals surface area (Å²) in [6, 6.07) is 7.52. The van der Waals surface area contributed by atoms with E-state index in [2.05, 4.69) is 10.00 Å². The van der Waals surface area contributed by atoms with Crippen molar-refractivity contribution in [3.63, 3.8) is 0 Å². The third-order valence-electron chi connectivity index (χ3n) is 5.07. The van der Waals surface area contributed by atoms with Gasteiger partial charge in [0.25, 0.3) is 5.91 Å². The van der Waals surface area contributed by atoms with Crippen LogP contribution < -0.4 is 10.4 Å². The van der Waals surface area contributed by atoms with Crippen LogP contribution in [0, 0.1) is 6.92 Å². The first-order valence-corrected chi connectivity index (χ1v) is 11.1. The van der Waals surface area contributed by atoms with Crippen LogP contribution in [0.4, 0.5) is 5.69 Å². The lowest BCUT2D eigenvalue weighted by Crippen LogP contribution is -2.39. The van der Waals surface area contributed by atoms with Crippen LogP contribution in [0.2, 0.25) is 5.15 Å². The Bertz CT molecular complexity index is 1040. The number of piperidine rings is 1. The highest BCUT2D eigenvalue weighted by atomic mass is 35.5. The summed E-state index contributed by atoms with van der Waals surface area (Å²) >= 11 is 6.19. The van der Waals surface area contributed by atoms with E-state index in [0.717, 1.165) is 11.3 Å². The van der Waals surface area contributed by atoms with Crippen molar-refractivity contribution in [3.05, 3.63) is 46.8 Å². The summed E-state index contributed by atoms with van der Waals surface area (Å²) in [6.07, 6.45) is 3.77. The molecule has 2 N–H and O–H groups in total. The Hall–Kier alpha value is -2.36. The lowest BCUT2D eigenvalue weighted by Gasteiger charge is -2.34. The van der Waals surface area contributed by atoms with Crippen LogP contribution in [0.15, 0.2) is 35.2 Å². The number of para-hydroxylation sites is 1. The number of nitrogens with zero attached hydrogens (tertiary/aromatic N) is 3. The number of carbonyl (C=O) groups is 1. The first kappa shape index (κ1) is 21.4. The van der Waals surface area contributed by atoms with Crippen molar-refractivity contribution in [1.82, 2.24) is 15.3 Å². The molecule has 1 aliphatic heterocycles. The van der Waals surface area contributed by atoms with E-state index >= 15 is 0 Å². The Balaban J connectivity index is 1.78. The number of halogens is 1. The van der Waals surface area contributed by atoms with E-state index < -0.39 is 21.0 Å². The Kier molecular flexibility index (Phi) is 6.30. The minimum Gasteiger partial charge on any atom is -0.371 e. The fraction of sp³-hybridized carbons (Fsp3) is 0.368. The standard InChI is InChI=1S/C19H23ClN4O4S/c1-13-18(19(20)23(2)21-13)29(27,28)15-9-11-24(12-10-15)16-6-4-3-5-14(16)7-8-17(25)22-26/h3-8,15,26H,9-12H2,1-2H3,(H,22,25)/b8-7+. The van der Waals surface area contributed by atoms with E-state index in [1.807, 2.05) is 24.3 Å². The topological polar surface area (TPSA) is 105 Å². The molecule has 2 aromatic rings. The number of rotatable bonds is 5. The Labute approximate surface area is 174 Å². The van der Waals surface area contributed by atoms with Crippen LogP contribution in [0.25, 0.3) is 6.08 Å². The molecule has 1 aromatic heterocycles. The lowest BCUT2D eigenvalue weighted by molar-refractivity contribution is -0.124. The van der Waals surface area contributed by atoms with Crippen molar-refractivity contribution in [1.29, 1.82) is 0 Å². The first-order chi connectivity index (χ1) is 13.8. The Morgan fingerprint density at radius 3 is 2.55 bits per heavy atom. The molecule has 2 heterocycles. The molecular weight excluding hydrogens is 416 g/mol. The monoisotopic (exact) mass is 438 g/mol. The van der Waals surface area contributed by atoms with Gasteiger partial charge in [0.15, 0.2) is 9.84 Å². The summed E-state index contributed by atoms with van der Waals surface area (Å²) in [5, 5.41) is 12.4. The van der Waals surface area contributed by atoms with Gasteiger partial charge in [-0.25, -0.2) is 13.9 Å². The second-order valence-electron chi connectivity index (χ2n) is 6.93. The SMILES string of the molecule is Cc1nn(C)c(Cl)c1S(=O)(=O)C1CCN(c2ccccc2/C=C/C(=O)NO)CC1. The van der Waals surface area contributed by atoms with Crippen molar-refractivity contribution in [2.24, 2.45) is 7.05 Å². The minimum atomic E-state index is -3.58. The third kappa shape index (κ3) is 4.31. The smallest absolute Gasteiger partial charge is 0.267 e. The molecular formula is C19H23ClN4O4S. The molecule has 3 rings (SSSR count). The van der Waals surface area contributed by atoms with Crippen molar-refractivity contribution >= 4 is 39.1 Å². The number of hydrogen-bond donors (Lipinski definition) is 2. The van der Waals surface area contributed by atoms with Gasteiger partial charge in [0, 0.05) is 31.9 Å². The fourth-order valence-electron chi connectivity index (χ4n) is 3.63. The van der Waals surface area contributed by atoms with E-state index in [1.165, 1.54) is 10.8 Å². The van der Waals surface area contributed by atoms with Gasteiger partial charge in [-0.15, -0.1) is 0 Å². The summed E-state index contributed by atoms with van der Waals surface area (Å²) in [5.41, 5.74) is 3.69. The van der Waals surface area contributed by atoms with Gasteiger partial charge in [-0.3, -0.25) is 14.7 Å². The highest BCUT2D eigenvalue weighted by molar-refractivity contribution is 7.92. The van der Waals surface area contributed by atoms with Gasteiger partial charge in [-0.2, -0.15) is 5.10 Å². The number of nitrogens with one attached hydrogen (secondary N) is 1. The van der Waals surface area contributed by atoms with Crippen LogP contribution in [-0.2, 0) is 21.7 Å². The summed E-state index contributed by atoms with van der Waals surface area (Å²) in [6.45, 7) is 2.76. The zero-order valence-electron chi connectivity index (χ0n) is 16.2. The number of carbonyl (C=O) groups excluding carboxylic acids is 1. The number of hydrogen-bond acceptors (Lipinski definition) is 6. The van der Waals surface area contributed by atoms with Gasteiger partial charge in [0.1, 0.15) is 10.0 Å². The average molecular weight is 439 g/mol. The number of aromatic nitrogens is 2. The van der Waals surface area contributed by atoms with E-state index in [9.17, 15) is 13.2 Å². The maximum Gasteiger partial charge on any atom is 0.267 e. The second kappa shape index (κ2) is 8.56. The number of aryl methyl sites for hydroxylation is 2. The summed E-state index contributed by atoms with van der Waals surface area (Å²) in [7, 11) is -1.96. The summed E-state index contributed by atoms with van der Waals surface area (Å²) < 4.78 is 27.6. The van der Waals surface area contributed by atoms with E-state index in [1.54, 1.807) is 25.5 Å². The van der Waals surface area contributed by atoms with Gasteiger partial charge in [-0.05, 0) is 37.5 Å². The largest absolute Gasteiger partial charge is 0.371 e. The highest BCUT2D eigenvalue weighted by Crippen LogP contribution is 2.33. The highest BCUT2D eigenvalue weighted by Gasteiger charge is 2.36. The van der Waals surface area contributed by atoms with Crippen molar-refractivity contribution < 1.29 is 18.4 Å². The van der Waals surface area contributed by atoms with Gasteiger partial charge < -0.3 is 4.90 Å². The molecule has 29 heavy (non-hydrogen) atoms. The van der Waals surface area contributed by atoms with Crippen LogP contribution in [0.1, 0.15) is 24.1 Å². The van der Waals surface area contributed by atoms with Crippen LogP contribution in [0.3, 0.4) is 0 Å².